The van der Waals surface area contributed by atoms with Crippen LogP contribution in [0.5, 0.6) is 0 Å². The summed E-state index contributed by atoms with van der Waals surface area (Å²) in [7, 11) is 0. The number of nitro groups is 1. The molecule has 0 saturated carbocycles. The highest BCUT2D eigenvalue weighted by Crippen LogP contribution is 2.15. The van der Waals surface area contributed by atoms with Gasteiger partial charge in [-0.05, 0) is 24.5 Å². The van der Waals surface area contributed by atoms with Gasteiger partial charge in [0, 0.05) is 18.7 Å². The van der Waals surface area contributed by atoms with Crippen LogP contribution in [0.1, 0.15) is 35.7 Å². The van der Waals surface area contributed by atoms with Gasteiger partial charge in [0.15, 0.2) is 6.10 Å². The van der Waals surface area contributed by atoms with Crippen LogP contribution < -0.4 is 5.32 Å². The second-order valence-corrected chi connectivity index (χ2v) is 5.91. The number of nitrogens with zero attached hydrogens (tertiary/aromatic N) is 1. The lowest BCUT2D eigenvalue weighted by molar-refractivity contribution is -0.384. The third kappa shape index (κ3) is 5.14. The summed E-state index contributed by atoms with van der Waals surface area (Å²) in [4.78, 5) is 34.4. The molecule has 136 valence electrons. The van der Waals surface area contributed by atoms with Gasteiger partial charge in [-0.1, -0.05) is 43.3 Å². The van der Waals surface area contributed by atoms with Crippen LogP contribution in [0, 0.1) is 10.1 Å². The lowest BCUT2D eigenvalue weighted by Gasteiger charge is -2.16. The van der Waals surface area contributed by atoms with Crippen molar-refractivity contribution >= 4 is 17.6 Å². The first-order valence-corrected chi connectivity index (χ1v) is 8.16. The summed E-state index contributed by atoms with van der Waals surface area (Å²) in [5.74, 6) is -1.10. The Kier molecular flexibility index (Phi) is 6.43. The lowest BCUT2D eigenvalue weighted by Crippen LogP contribution is -2.37. The Hall–Kier alpha value is -3.22. The third-order valence-corrected chi connectivity index (χ3v) is 3.90. The molecule has 0 aliphatic rings. The molecule has 0 saturated heterocycles. The highest BCUT2D eigenvalue weighted by molar-refractivity contribution is 5.92. The molecule has 2 atom stereocenters. The maximum Gasteiger partial charge on any atom is 0.339 e. The maximum absolute atomic E-state index is 12.1. The number of hydrogen-bond donors (Lipinski definition) is 1. The second-order valence-electron chi connectivity index (χ2n) is 5.91. The van der Waals surface area contributed by atoms with Crippen LogP contribution in [0.4, 0.5) is 5.69 Å². The monoisotopic (exact) mass is 356 g/mol. The van der Waals surface area contributed by atoms with E-state index in [1.54, 1.807) is 0 Å². The van der Waals surface area contributed by atoms with Crippen LogP contribution in [0.15, 0.2) is 54.6 Å². The molecule has 7 heteroatoms. The normalized spacial score (nSPS) is 12.7. The Labute approximate surface area is 151 Å². The molecule has 0 fully saturated rings. The number of carbonyl (C=O) groups is 2. The van der Waals surface area contributed by atoms with E-state index in [4.69, 9.17) is 4.74 Å². The molecule has 1 N–H and O–H groups in total. The number of nitro benzene ring substituents is 1. The molecule has 2 aromatic carbocycles. The molecule has 0 bridgehead atoms. The van der Waals surface area contributed by atoms with Gasteiger partial charge in [-0.2, -0.15) is 0 Å². The van der Waals surface area contributed by atoms with Crippen molar-refractivity contribution in [3.8, 4) is 0 Å². The largest absolute Gasteiger partial charge is 0.449 e. The molecular formula is C19H20N2O5. The maximum atomic E-state index is 12.1. The van der Waals surface area contributed by atoms with E-state index >= 15 is 0 Å². The fraction of sp³-hybridized carbons (Fsp3) is 0.263. The first-order valence-electron chi connectivity index (χ1n) is 8.16. The van der Waals surface area contributed by atoms with Crippen LogP contribution >= 0.6 is 0 Å². The summed E-state index contributed by atoms with van der Waals surface area (Å²) in [5, 5.41) is 13.5. The molecule has 26 heavy (non-hydrogen) atoms. The van der Waals surface area contributed by atoms with Gasteiger partial charge >= 0.3 is 5.97 Å². The molecule has 0 aromatic heterocycles. The highest BCUT2D eigenvalue weighted by atomic mass is 16.6. The van der Waals surface area contributed by atoms with Gasteiger partial charge < -0.3 is 10.1 Å². The predicted molar refractivity (Wildman–Crippen MR) is 95.8 cm³/mol. The van der Waals surface area contributed by atoms with Crippen molar-refractivity contribution in [2.24, 2.45) is 0 Å². The van der Waals surface area contributed by atoms with Gasteiger partial charge in [-0.15, -0.1) is 0 Å². The topological polar surface area (TPSA) is 98.5 Å². The van der Waals surface area contributed by atoms with Gasteiger partial charge in [-0.25, -0.2) is 4.79 Å². The van der Waals surface area contributed by atoms with Gasteiger partial charge in [0.05, 0.1) is 10.5 Å². The first-order chi connectivity index (χ1) is 12.4. The van der Waals surface area contributed by atoms with E-state index in [9.17, 15) is 19.7 Å². The molecule has 0 unspecified atom stereocenters. The Bertz CT molecular complexity index is 792. The number of non-ortho nitro benzene ring substituents is 1. The summed E-state index contributed by atoms with van der Waals surface area (Å²) >= 11 is 0. The zero-order chi connectivity index (χ0) is 19.1. The van der Waals surface area contributed by atoms with Crippen molar-refractivity contribution in [3.05, 3.63) is 75.8 Å². The van der Waals surface area contributed by atoms with Crippen molar-refractivity contribution in [1.29, 1.82) is 0 Å². The number of carbonyl (C=O) groups excluding carboxylic acids is 2. The van der Waals surface area contributed by atoms with E-state index in [0.29, 0.717) is 6.54 Å². The minimum absolute atomic E-state index is 0.0245. The number of benzene rings is 2. The van der Waals surface area contributed by atoms with Gasteiger partial charge in [0.25, 0.3) is 11.6 Å². The van der Waals surface area contributed by atoms with Crippen LogP contribution in [-0.4, -0.2) is 29.4 Å². The van der Waals surface area contributed by atoms with Crippen LogP contribution in [-0.2, 0) is 9.53 Å². The molecule has 0 spiro atoms. The summed E-state index contributed by atoms with van der Waals surface area (Å²) in [6, 6.07) is 14.9. The van der Waals surface area contributed by atoms with Crippen molar-refractivity contribution in [2.45, 2.75) is 25.9 Å². The quantitative estimate of drug-likeness (QED) is 0.467. The van der Waals surface area contributed by atoms with Gasteiger partial charge in [0.1, 0.15) is 0 Å². The smallest absolute Gasteiger partial charge is 0.339 e. The number of rotatable bonds is 7. The summed E-state index contributed by atoms with van der Waals surface area (Å²) in [6.07, 6.45) is -1.01. The third-order valence-electron chi connectivity index (χ3n) is 3.90. The number of amides is 1. The van der Waals surface area contributed by atoms with Gasteiger partial charge in [-0.3, -0.25) is 14.9 Å². The van der Waals surface area contributed by atoms with Crippen molar-refractivity contribution < 1.29 is 19.2 Å². The molecule has 7 nitrogen and oxygen atoms in total. The number of hydrogen-bond acceptors (Lipinski definition) is 5. The standard InChI is InChI=1S/C19H20N2O5/c1-13(15-7-4-3-5-8-15)12-20-18(22)14(2)26-19(23)16-9-6-10-17(11-16)21(24)25/h3-11,13-14H,12H2,1-2H3,(H,20,22)/t13-,14+/m0/s1. The molecule has 0 aliphatic heterocycles. The summed E-state index contributed by atoms with van der Waals surface area (Å²) in [6.45, 7) is 3.84. The van der Waals surface area contributed by atoms with E-state index in [0.717, 1.165) is 11.6 Å². The van der Waals surface area contributed by atoms with Gasteiger partial charge in [0.2, 0.25) is 0 Å². The van der Waals surface area contributed by atoms with E-state index in [2.05, 4.69) is 5.32 Å². The minimum Gasteiger partial charge on any atom is -0.449 e. The molecule has 1 amide bonds. The average molecular weight is 356 g/mol. The predicted octanol–water partition coefficient (Wildman–Crippen LogP) is 3.06. The van der Waals surface area contributed by atoms with Crippen LogP contribution in [0.25, 0.3) is 0 Å². The Morgan fingerprint density at radius 3 is 2.46 bits per heavy atom. The average Bonchev–Trinajstić information content (AvgIpc) is 2.66. The minimum atomic E-state index is -1.01. The molecule has 0 radical (unpaired) electrons. The summed E-state index contributed by atoms with van der Waals surface area (Å²) in [5.41, 5.74) is 0.902. The van der Waals surface area contributed by atoms with E-state index < -0.39 is 22.9 Å². The second kappa shape index (κ2) is 8.75. The zero-order valence-electron chi connectivity index (χ0n) is 14.5. The molecule has 0 aliphatic carbocycles. The van der Waals surface area contributed by atoms with E-state index in [1.165, 1.54) is 25.1 Å². The Morgan fingerprint density at radius 1 is 1.12 bits per heavy atom. The molecular weight excluding hydrogens is 336 g/mol. The molecule has 2 aromatic rings. The number of ether oxygens (including phenoxy) is 1. The number of nitrogens with one attached hydrogen (secondary N) is 1. The fourth-order valence-electron chi connectivity index (χ4n) is 2.33. The van der Waals surface area contributed by atoms with Crippen molar-refractivity contribution in [1.82, 2.24) is 5.32 Å². The lowest BCUT2D eigenvalue weighted by atomic mass is 10.0. The highest BCUT2D eigenvalue weighted by Gasteiger charge is 2.20. The number of esters is 1. The SMILES string of the molecule is C[C@@H](OC(=O)c1cccc([N+](=O)[O-])c1)C(=O)NC[C@H](C)c1ccccc1. The van der Waals surface area contributed by atoms with Crippen LogP contribution in [0.3, 0.4) is 0 Å². The summed E-state index contributed by atoms with van der Waals surface area (Å²) < 4.78 is 5.10. The molecule has 2 rings (SSSR count). The molecule has 0 heterocycles. The van der Waals surface area contributed by atoms with Crippen molar-refractivity contribution in [2.75, 3.05) is 6.54 Å². The van der Waals surface area contributed by atoms with E-state index in [1.807, 2.05) is 37.3 Å². The fourth-order valence-corrected chi connectivity index (χ4v) is 2.33. The Morgan fingerprint density at radius 2 is 1.81 bits per heavy atom. The van der Waals surface area contributed by atoms with Crippen molar-refractivity contribution in [3.63, 3.8) is 0 Å². The zero-order valence-corrected chi connectivity index (χ0v) is 14.5. The Balaban J connectivity index is 1.89. The van der Waals surface area contributed by atoms with Crippen LogP contribution in [0.2, 0.25) is 0 Å². The first kappa shape index (κ1) is 19.1. The van der Waals surface area contributed by atoms with E-state index in [-0.39, 0.29) is 17.2 Å².